The van der Waals surface area contributed by atoms with Gasteiger partial charge in [0.05, 0.1) is 0 Å². The van der Waals surface area contributed by atoms with Gasteiger partial charge in [-0.05, 0) is 41.3 Å². The Hall–Kier alpha value is -2.71. The first kappa shape index (κ1) is 18.6. The maximum absolute atomic E-state index is 13.0. The van der Waals surface area contributed by atoms with E-state index in [-0.39, 0.29) is 11.9 Å². The monoisotopic (exact) mass is 333 g/mol. The van der Waals surface area contributed by atoms with Crippen molar-refractivity contribution in [2.24, 2.45) is 0 Å². The molecule has 0 saturated carbocycles. The average molecular weight is 333 g/mol. The largest absolute Gasteiger partial charge is 0.307 e. The fraction of sp³-hybridized carbons (Fsp3) is 0.130. The summed E-state index contributed by atoms with van der Waals surface area (Å²) in [6, 6.07) is 16.9. The van der Waals surface area contributed by atoms with Crippen LogP contribution >= 0.6 is 0 Å². The Morgan fingerprint density at radius 1 is 1.08 bits per heavy atom. The molecule has 0 fully saturated rings. The van der Waals surface area contributed by atoms with E-state index in [2.05, 4.69) is 43.6 Å². The van der Waals surface area contributed by atoms with Crippen LogP contribution in [0, 0.1) is 5.82 Å². The Labute approximate surface area is 149 Å². The van der Waals surface area contributed by atoms with Gasteiger partial charge in [-0.25, -0.2) is 4.39 Å². The zero-order valence-corrected chi connectivity index (χ0v) is 14.6. The molecule has 1 atom stereocenters. The Morgan fingerprint density at radius 2 is 1.76 bits per heavy atom. The molecule has 0 aliphatic carbocycles. The van der Waals surface area contributed by atoms with Crippen LogP contribution in [0.4, 0.5) is 4.39 Å². The van der Waals surface area contributed by atoms with E-state index in [4.69, 9.17) is 0 Å². The normalized spacial score (nSPS) is 13.4. The van der Waals surface area contributed by atoms with Gasteiger partial charge in [-0.15, -0.1) is 0 Å². The summed E-state index contributed by atoms with van der Waals surface area (Å²) in [7, 11) is 0. The molecule has 2 aromatic carbocycles. The Morgan fingerprint density at radius 3 is 2.36 bits per heavy atom. The van der Waals surface area contributed by atoms with Crippen LogP contribution in [0.25, 0.3) is 5.57 Å². The first-order valence-corrected chi connectivity index (χ1v) is 8.35. The molecule has 0 spiro atoms. The third-order valence-corrected chi connectivity index (χ3v) is 4.01. The van der Waals surface area contributed by atoms with Gasteiger partial charge >= 0.3 is 0 Å². The van der Waals surface area contributed by atoms with E-state index in [9.17, 15) is 4.39 Å². The number of rotatable bonds is 8. The van der Waals surface area contributed by atoms with Crippen LogP contribution in [0.1, 0.15) is 24.1 Å². The maximum atomic E-state index is 13.0. The topological polar surface area (TPSA) is 12.0 Å². The number of hydrogen-bond donors (Lipinski definition) is 1. The molecule has 0 bridgehead atoms. The van der Waals surface area contributed by atoms with Crippen LogP contribution < -0.4 is 5.32 Å². The molecule has 1 N–H and O–H groups in total. The van der Waals surface area contributed by atoms with Crippen LogP contribution in [0.3, 0.4) is 0 Å². The number of hydrogen-bond acceptors (Lipinski definition) is 1. The molecule has 0 aliphatic rings. The van der Waals surface area contributed by atoms with Crippen molar-refractivity contribution in [2.75, 3.05) is 6.54 Å². The molecule has 0 saturated heterocycles. The molecule has 0 unspecified atom stereocenters. The van der Waals surface area contributed by atoms with Crippen molar-refractivity contribution >= 4 is 5.57 Å². The molecule has 0 aliphatic heterocycles. The SMILES string of the molecule is C=C/C=C(C=C)/C(=C/CN[C@H](C)c1ccc(F)cc1)c1ccccc1. The lowest BCUT2D eigenvalue weighted by atomic mass is 9.97. The van der Waals surface area contributed by atoms with Crippen LogP contribution in [0.5, 0.6) is 0 Å². The molecule has 0 heterocycles. The van der Waals surface area contributed by atoms with Gasteiger partial charge in [-0.3, -0.25) is 0 Å². The smallest absolute Gasteiger partial charge is 0.123 e. The second kappa shape index (κ2) is 9.55. The maximum Gasteiger partial charge on any atom is 0.123 e. The molecule has 0 radical (unpaired) electrons. The van der Waals surface area contributed by atoms with Gasteiger partial charge in [0.15, 0.2) is 0 Å². The zero-order valence-electron chi connectivity index (χ0n) is 14.6. The lowest BCUT2D eigenvalue weighted by molar-refractivity contribution is 0.606. The van der Waals surface area contributed by atoms with E-state index >= 15 is 0 Å². The fourth-order valence-electron chi connectivity index (χ4n) is 2.62. The lowest BCUT2D eigenvalue weighted by Gasteiger charge is -2.14. The minimum atomic E-state index is -0.215. The second-order valence-corrected chi connectivity index (χ2v) is 5.73. The highest BCUT2D eigenvalue weighted by Gasteiger charge is 2.07. The van der Waals surface area contributed by atoms with Crippen LogP contribution in [0.15, 0.2) is 97.6 Å². The molecular formula is C23H24FN. The number of nitrogens with one attached hydrogen (secondary N) is 1. The van der Waals surface area contributed by atoms with Gasteiger partial charge < -0.3 is 5.32 Å². The first-order valence-electron chi connectivity index (χ1n) is 8.35. The van der Waals surface area contributed by atoms with Crippen molar-refractivity contribution in [3.63, 3.8) is 0 Å². The van der Waals surface area contributed by atoms with Gasteiger partial charge in [0, 0.05) is 12.6 Å². The van der Waals surface area contributed by atoms with Crippen molar-refractivity contribution in [2.45, 2.75) is 13.0 Å². The molecule has 25 heavy (non-hydrogen) atoms. The highest BCUT2D eigenvalue weighted by molar-refractivity contribution is 5.82. The summed E-state index contributed by atoms with van der Waals surface area (Å²) in [4.78, 5) is 0. The van der Waals surface area contributed by atoms with Crippen LogP contribution in [-0.4, -0.2) is 6.54 Å². The molecule has 128 valence electrons. The average Bonchev–Trinajstić information content (AvgIpc) is 2.65. The highest BCUT2D eigenvalue weighted by atomic mass is 19.1. The predicted octanol–water partition coefficient (Wildman–Crippen LogP) is 5.86. The lowest BCUT2D eigenvalue weighted by Crippen LogP contribution is -2.18. The minimum absolute atomic E-state index is 0.129. The Balaban J connectivity index is 2.17. The Bertz CT molecular complexity index is 754. The third kappa shape index (κ3) is 5.40. The van der Waals surface area contributed by atoms with E-state index in [1.54, 1.807) is 6.08 Å². The van der Waals surface area contributed by atoms with E-state index < -0.39 is 0 Å². The summed E-state index contributed by atoms with van der Waals surface area (Å²) in [5, 5.41) is 3.45. The van der Waals surface area contributed by atoms with E-state index in [1.807, 2.05) is 42.5 Å². The molecule has 0 amide bonds. The summed E-state index contributed by atoms with van der Waals surface area (Å²) in [5.41, 5.74) is 4.32. The van der Waals surface area contributed by atoms with E-state index in [0.717, 1.165) is 22.3 Å². The fourth-order valence-corrected chi connectivity index (χ4v) is 2.62. The first-order chi connectivity index (χ1) is 12.2. The van der Waals surface area contributed by atoms with Gasteiger partial charge in [0.25, 0.3) is 0 Å². The van der Waals surface area contributed by atoms with Crippen molar-refractivity contribution in [3.8, 4) is 0 Å². The summed E-state index contributed by atoms with van der Waals surface area (Å²) >= 11 is 0. The summed E-state index contributed by atoms with van der Waals surface area (Å²) in [6.45, 7) is 10.4. The predicted molar refractivity (Wildman–Crippen MR) is 106 cm³/mol. The van der Waals surface area contributed by atoms with Crippen molar-refractivity contribution in [1.29, 1.82) is 0 Å². The molecular weight excluding hydrogens is 309 g/mol. The summed E-state index contributed by atoms with van der Waals surface area (Å²) in [6.07, 6.45) is 7.70. The standard InChI is InChI=1S/C23H24FN/c1-4-9-19(5-2)23(21-10-7-6-8-11-21)16-17-25-18(3)20-12-14-22(24)15-13-20/h4-16,18,25H,1-2,17H2,3H3/b19-9+,23-16-/t18-/m1/s1. The summed E-state index contributed by atoms with van der Waals surface area (Å²) < 4.78 is 13.0. The van der Waals surface area contributed by atoms with Crippen molar-refractivity contribution in [1.82, 2.24) is 5.32 Å². The molecule has 0 aromatic heterocycles. The summed E-state index contributed by atoms with van der Waals surface area (Å²) in [5.74, 6) is -0.215. The van der Waals surface area contributed by atoms with E-state index in [1.165, 1.54) is 12.1 Å². The molecule has 1 nitrogen and oxygen atoms in total. The van der Waals surface area contributed by atoms with Gasteiger partial charge in [0.1, 0.15) is 5.82 Å². The Kier molecular flexibility index (Phi) is 7.12. The quantitative estimate of drug-likeness (QED) is 0.597. The number of halogens is 1. The molecule has 2 aromatic rings. The van der Waals surface area contributed by atoms with Gasteiger partial charge in [-0.2, -0.15) is 0 Å². The third-order valence-electron chi connectivity index (χ3n) is 4.01. The van der Waals surface area contributed by atoms with Crippen molar-refractivity contribution < 1.29 is 4.39 Å². The van der Waals surface area contributed by atoms with Crippen molar-refractivity contribution in [3.05, 3.63) is 115 Å². The number of benzene rings is 2. The highest BCUT2D eigenvalue weighted by Crippen LogP contribution is 2.24. The minimum Gasteiger partial charge on any atom is -0.307 e. The van der Waals surface area contributed by atoms with Gasteiger partial charge in [0.2, 0.25) is 0 Å². The number of allylic oxidation sites excluding steroid dienone is 5. The molecule has 2 rings (SSSR count). The van der Waals surface area contributed by atoms with Gasteiger partial charge in [-0.1, -0.05) is 79.9 Å². The molecule has 2 heteroatoms. The van der Waals surface area contributed by atoms with E-state index in [0.29, 0.717) is 6.54 Å². The second-order valence-electron chi connectivity index (χ2n) is 5.73. The van der Waals surface area contributed by atoms with Crippen LogP contribution in [0.2, 0.25) is 0 Å². The zero-order chi connectivity index (χ0) is 18.1. The van der Waals surface area contributed by atoms with Crippen LogP contribution in [-0.2, 0) is 0 Å².